The van der Waals surface area contributed by atoms with E-state index in [2.05, 4.69) is 56.3 Å². The molecule has 152 valence electrons. The highest BCUT2D eigenvalue weighted by molar-refractivity contribution is 5.77. The summed E-state index contributed by atoms with van der Waals surface area (Å²) in [7, 11) is 0. The highest BCUT2D eigenvalue weighted by Gasteiger charge is 2.23. The third-order valence-electron chi connectivity index (χ3n) is 5.47. The Kier molecular flexibility index (Phi) is 6.70. The average Bonchev–Trinajstić information content (AvgIpc) is 2.72. The number of benzene rings is 2. The Labute approximate surface area is 172 Å². The Morgan fingerprint density at radius 3 is 2.21 bits per heavy atom. The molecule has 1 aliphatic rings. The van der Waals surface area contributed by atoms with E-state index < -0.39 is 6.09 Å². The largest absolute Gasteiger partial charge is 0.465 e. The fraction of sp³-hybridized carbons (Fsp3) is 0.333. The molecule has 1 heterocycles. The van der Waals surface area contributed by atoms with Crippen molar-refractivity contribution in [3.8, 4) is 0 Å². The second-order valence-corrected chi connectivity index (χ2v) is 7.53. The second-order valence-electron chi connectivity index (χ2n) is 7.53. The van der Waals surface area contributed by atoms with Gasteiger partial charge in [-0.15, -0.1) is 0 Å². The van der Waals surface area contributed by atoms with E-state index >= 15 is 0 Å². The molecule has 5 nitrogen and oxygen atoms in total. The molecule has 0 unspecified atom stereocenters. The fourth-order valence-corrected chi connectivity index (χ4v) is 3.68. The molecular formula is C24H28N2O3. The summed E-state index contributed by atoms with van der Waals surface area (Å²) in [6, 6.07) is 14.6. The van der Waals surface area contributed by atoms with Crippen LogP contribution in [-0.4, -0.2) is 53.1 Å². The van der Waals surface area contributed by atoms with E-state index in [1.165, 1.54) is 21.6 Å². The molecule has 2 aromatic carbocycles. The van der Waals surface area contributed by atoms with E-state index in [0.717, 1.165) is 11.1 Å². The molecule has 0 spiro atoms. The van der Waals surface area contributed by atoms with E-state index in [0.29, 0.717) is 39.0 Å². The van der Waals surface area contributed by atoms with Crippen molar-refractivity contribution in [1.29, 1.82) is 0 Å². The molecule has 3 rings (SSSR count). The van der Waals surface area contributed by atoms with E-state index in [9.17, 15) is 9.59 Å². The number of rotatable bonds is 5. The average molecular weight is 392 g/mol. The van der Waals surface area contributed by atoms with Crippen LogP contribution in [0.1, 0.15) is 34.2 Å². The summed E-state index contributed by atoms with van der Waals surface area (Å²) in [6.45, 7) is 5.96. The molecule has 1 N–H and O–H groups in total. The number of hydrogen-bond donors (Lipinski definition) is 1. The van der Waals surface area contributed by atoms with Gasteiger partial charge in [-0.05, 0) is 48.1 Å². The van der Waals surface area contributed by atoms with Gasteiger partial charge in [-0.25, -0.2) is 4.79 Å². The van der Waals surface area contributed by atoms with Crippen LogP contribution in [0.15, 0.2) is 42.5 Å². The Balaban J connectivity index is 1.57. The van der Waals surface area contributed by atoms with Crippen LogP contribution in [0.4, 0.5) is 4.79 Å². The molecular weight excluding hydrogens is 364 g/mol. The van der Waals surface area contributed by atoms with Gasteiger partial charge < -0.3 is 14.9 Å². The summed E-state index contributed by atoms with van der Waals surface area (Å²) >= 11 is 0. The molecule has 0 saturated carbocycles. The summed E-state index contributed by atoms with van der Waals surface area (Å²) in [5.41, 5.74) is 6.00. The number of amides is 2. The fourth-order valence-electron chi connectivity index (χ4n) is 3.68. The SMILES string of the molecule is Cc1cccc(C)c1C=Cc1cccc(CCC(=O)N2CCN(C(=O)O)CC2)c1. The van der Waals surface area contributed by atoms with Crippen molar-refractivity contribution < 1.29 is 14.7 Å². The first-order valence-electron chi connectivity index (χ1n) is 10.0. The zero-order chi connectivity index (χ0) is 20.8. The van der Waals surface area contributed by atoms with Crippen molar-refractivity contribution in [3.05, 3.63) is 70.3 Å². The van der Waals surface area contributed by atoms with Gasteiger partial charge in [0.15, 0.2) is 0 Å². The van der Waals surface area contributed by atoms with Crippen LogP contribution in [0, 0.1) is 13.8 Å². The zero-order valence-electron chi connectivity index (χ0n) is 17.1. The number of aryl methyl sites for hydroxylation is 3. The van der Waals surface area contributed by atoms with E-state index in [4.69, 9.17) is 5.11 Å². The molecule has 2 amide bonds. The van der Waals surface area contributed by atoms with Gasteiger partial charge in [-0.1, -0.05) is 54.6 Å². The number of carbonyl (C=O) groups is 2. The molecule has 1 fully saturated rings. The maximum Gasteiger partial charge on any atom is 0.407 e. The molecule has 0 radical (unpaired) electrons. The lowest BCUT2D eigenvalue weighted by Crippen LogP contribution is -2.50. The molecule has 1 saturated heterocycles. The quantitative estimate of drug-likeness (QED) is 0.775. The minimum Gasteiger partial charge on any atom is -0.465 e. The first-order chi connectivity index (χ1) is 13.9. The molecule has 0 aromatic heterocycles. The Bertz CT molecular complexity index is 892. The first kappa shape index (κ1) is 20.6. The lowest BCUT2D eigenvalue weighted by atomic mass is 10.0. The molecule has 0 bridgehead atoms. The molecule has 5 heteroatoms. The van der Waals surface area contributed by atoms with Crippen molar-refractivity contribution in [3.63, 3.8) is 0 Å². The molecule has 2 aromatic rings. The zero-order valence-corrected chi connectivity index (χ0v) is 17.1. The Morgan fingerprint density at radius 2 is 1.55 bits per heavy atom. The van der Waals surface area contributed by atoms with Crippen LogP contribution in [0.25, 0.3) is 12.2 Å². The summed E-state index contributed by atoms with van der Waals surface area (Å²) in [5.74, 6) is 0.0894. The van der Waals surface area contributed by atoms with Crippen molar-refractivity contribution >= 4 is 24.2 Å². The molecule has 0 atom stereocenters. The molecule has 0 aliphatic carbocycles. The van der Waals surface area contributed by atoms with Crippen LogP contribution >= 0.6 is 0 Å². The molecule has 29 heavy (non-hydrogen) atoms. The number of hydrogen-bond acceptors (Lipinski definition) is 2. The smallest absolute Gasteiger partial charge is 0.407 e. The lowest BCUT2D eigenvalue weighted by molar-refractivity contribution is -0.132. The van der Waals surface area contributed by atoms with E-state index in [-0.39, 0.29) is 5.91 Å². The van der Waals surface area contributed by atoms with Gasteiger partial charge in [0, 0.05) is 32.6 Å². The minimum atomic E-state index is -0.914. The van der Waals surface area contributed by atoms with Crippen molar-refractivity contribution in [1.82, 2.24) is 9.80 Å². The molecule has 1 aliphatic heterocycles. The summed E-state index contributed by atoms with van der Waals surface area (Å²) < 4.78 is 0. The van der Waals surface area contributed by atoms with Gasteiger partial charge in [0.2, 0.25) is 5.91 Å². The van der Waals surface area contributed by atoms with E-state index in [1.807, 2.05) is 12.1 Å². The van der Waals surface area contributed by atoms with Gasteiger partial charge in [0.05, 0.1) is 0 Å². The first-order valence-corrected chi connectivity index (χ1v) is 10.0. The van der Waals surface area contributed by atoms with Crippen LogP contribution < -0.4 is 0 Å². The topological polar surface area (TPSA) is 60.9 Å². The van der Waals surface area contributed by atoms with Crippen molar-refractivity contribution in [2.45, 2.75) is 26.7 Å². The third kappa shape index (κ3) is 5.47. The number of carboxylic acid groups (broad SMARTS) is 1. The second kappa shape index (κ2) is 9.41. The summed E-state index contributed by atoms with van der Waals surface area (Å²) in [4.78, 5) is 26.6. The van der Waals surface area contributed by atoms with E-state index in [1.54, 1.807) is 4.90 Å². The predicted octanol–water partition coefficient (Wildman–Crippen LogP) is 4.23. The highest BCUT2D eigenvalue weighted by Crippen LogP contribution is 2.18. The van der Waals surface area contributed by atoms with Crippen LogP contribution in [-0.2, 0) is 11.2 Å². The van der Waals surface area contributed by atoms with Gasteiger partial charge in [0.1, 0.15) is 0 Å². The van der Waals surface area contributed by atoms with Crippen LogP contribution in [0.5, 0.6) is 0 Å². The van der Waals surface area contributed by atoms with Gasteiger partial charge in [-0.2, -0.15) is 0 Å². The standard InChI is InChI=1S/C24H28N2O3/c1-18-5-3-6-19(2)22(18)11-9-20-7-4-8-21(17-20)10-12-23(27)25-13-15-26(16-14-25)24(28)29/h3-9,11,17H,10,12-16H2,1-2H3,(H,28,29). The third-order valence-corrected chi connectivity index (χ3v) is 5.47. The monoisotopic (exact) mass is 392 g/mol. The maximum absolute atomic E-state index is 12.5. The minimum absolute atomic E-state index is 0.0894. The normalized spacial score (nSPS) is 14.4. The number of piperazine rings is 1. The van der Waals surface area contributed by atoms with Gasteiger partial charge in [-0.3, -0.25) is 4.79 Å². The highest BCUT2D eigenvalue weighted by atomic mass is 16.4. The van der Waals surface area contributed by atoms with Crippen LogP contribution in [0.2, 0.25) is 0 Å². The number of carbonyl (C=O) groups excluding carboxylic acids is 1. The predicted molar refractivity (Wildman–Crippen MR) is 116 cm³/mol. The van der Waals surface area contributed by atoms with Gasteiger partial charge >= 0.3 is 6.09 Å². The van der Waals surface area contributed by atoms with Crippen molar-refractivity contribution in [2.75, 3.05) is 26.2 Å². The number of nitrogens with zero attached hydrogens (tertiary/aromatic N) is 2. The van der Waals surface area contributed by atoms with Crippen molar-refractivity contribution in [2.24, 2.45) is 0 Å². The summed E-state index contributed by atoms with van der Waals surface area (Å²) in [5, 5.41) is 9.00. The Hall–Kier alpha value is -3.08. The lowest BCUT2D eigenvalue weighted by Gasteiger charge is -2.33. The maximum atomic E-state index is 12.5. The Morgan fingerprint density at radius 1 is 0.931 bits per heavy atom. The summed E-state index contributed by atoms with van der Waals surface area (Å²) in [6.07, 6.45) is 4.48. The van der Waals surface area contributed by atoms with Crippen LogP contribution in [0.3, 0.4) is 0 Å². The van der Waals surface area contributed by atoms with Gasteiger partial charge in [0.25, 0.3) is 0 Å².